The third-order valence-electron chi connectivity index (χ3n) is 6.37. The summed E-state index contributed by atoms with van der Waals surface area (Å²) in [6.45, 7) is 5.08. The molecular formula is C16H23NO4. The molecule has 21 heavy (non-hydrogen) atoms. The van der Waals surface area contributed by atoms with E-state index in [1.165, 1.54) is 0 Å². The maximum atomic E-state index is 12.6. The molecule has 0 aromatic rings. The van der Waals surface area contributed by atoms with Crippen LogP contribution in [-0.4, -0.2) is 29.8 Å². The normalized spacial score (nSPS) is 49.0. The van der Waals surface area contributed by atoms with Crippen LogP contribution in [0.2, 0.25) is 0 Å². The van der Waals surface area contributed by atoms with E-state index in [1.54, 1.807) is 0 Å². The Balaban J connectivity index is 1.53. The summed E-state index contributed by atoms with van der Waals surface area (Å²) >= 11 is 0. The molecule has 5 heteroatoms. The van der Waals surface area contributed by atoms with Gasteiger partial charge in [0.15, 0.2) is 6.29 Å². The third kappa shape index (κ3) is 1.83. The van der Waals surface area contributed by atoms with Crippen molar-refractivity contribution < 1.29 is 19.2 Å². The van der Waals surface area contributed by atoms with Crippen molar-refractivity contribution in [1.82, 2.24) is 5.06 Å². The first-order valence-corrected chi connectivity index (χ1v) is 8.25. The Morgan fingerprint density at radius 2 is 1.67 bits per heavy atom. The SMILES string of the molecule is CC1C(C)C2CC1C1C(=O)N(OC3CCCCO3)C(=O)C21. The molecule has 7 atom stereocenters. The minimum Gasteiger partial charge on any atom is -0.350 e. The lowest BCUT2D eigenvalue weighted by Crippen LogP contribution is -2.38. The molecule has 2 saturated heterocycles. The van der Waals surface area contributed by atoms with Crippen molar-refractivity contribution in [2.75, 3.05) is 6.61 Å². The first kappa shape index (κ1) is 13.7. The van der Waals surface area contributed by atoms with Crippen molar-refractivity contribution in [3.05, 3.63) is 0 Å². The Bertz CT molecular complexity index is 441. The van der Waals surface area contributed by atoms with E-state index in [0.29, 0.717) is 30.3 Å². The van der Waals surface area contributed by atoms with Crippen molar-refractivity contribution in [3.63, 3.8) is 0 Å². The van der Waals surface area contributed by atoms with Gasteiger partial charge in [-0.2, -0.15) is 0 Å². The van der Waals surface area contributed by atoms with Gasteiger partial charge in [0.1, 0.15) is 0 Å². The quantitative estimate of drug-likeness (QED) is 0.730. The van der Waals surface area contributed by atoms with Gasteiger partial charge in [-0.3, -0.25) is 9.59 Å². The molecule has 2 heterocycles. The van der Waals surface area contributed by atoms with Crippen LogP contribution < -0.4 is 0 Å². The monoisotopic (exact) mass is 293 g/mol. The molecule has 5 nitrogen and oxygen atoms in total. The number of ether oxygens (including phenoxy) is 1. The lowest BCUT2D eigenvalue weighted by molar-refractivity contribution is -0.268. The number of fused-ring (bicyclic) bond motifs is 5. The Labute approximate surface area is 124 Å². The van der Waals surface area contributed by atoms with E-state index in [-0.39, 0.29) is 23.7 Å². The average Bonchev–Trinajstić information content (AvgIpc) is 3.09. The number of nitrogens with zero attached hydrogens (tertiary/aromatic N) is 1. The van der Waals surface area contributed by atoms with Crippen molar-refractivity contribution in [3.8, 4) is 0 Å². The van der Waals surface area contributed by atoms with Gasteiger partial charge in [0.2, 0.25) is 0 Å². The number of carbonyl (C=O) groups is 2. The smallest absolute Gasteiger partial charge is 0.257 e. The maximum absolute atomic E-state index is 12.6. The zero-order chi connectivity index (χ0) is 14.7. The molecule has 0 aromatic carbocycles. The van der Waals surface area contributed by atoms with Gasteiger partial charge in [0, 0.05) is 13.0 Å². The highest BCUT2D eigenvalue weighted by atomic mass is 16.8. The summed E-state index contributed by atoms with van der Waals surface area (Å²) < 4.78 is 5.50. The fourth-order valence-corrected chi connectivity index (χ4v) is 5.07. The van der Waals surface area contributed by atoms with Crippen LogP contribution in [0, 0.1) is 35.5 Å². The van der Waals surface area contributed by atoms with Gasteiger partial charge < -0.3 is 4.74 Å². The maximum Gasteiger partial charge on any atom is 0.257 e. The molecule has 4 aliphatic rings. The van der Waals surface area contributed by atoms with E-state index in [2.05, 4.69) is 13.8 Å². The van der Waals surface area contributed by atoms with Gasteiger partial charge in [0.05, 0.1) is 11.8 Å². The van der Waals surface area contributed by atoms with Crippen LogP contribution in [0.15, 0.2) is 0 Å². The largest absolute Gasteiger partial charge is 0.350 e. The van der Waals surface area contributed by atoms with Crippen molar-refractivity contribution in [2.45, 2.75) is 45.8 Å². The fraction of sp³-hybridized carbons (Fsp3) is 0.875. The van der Waals surface area contributed by atoms with Gasteiger partial charge in [-0.1, -0.05) is 13.8 Å². The molecule has 7 unspecified atom stereocenters. The van der Waals surface area contributed by atoms with Crippen LogP contribution in [0.4, 0.5) is 0 Å². The topological polar surface area (TPSA) is 55.8 Å². The number of hydroxylamine groups is 2. The second-order valence-corrected chi connectivity index (χ2v) is 7.21. The van der Waals surface area contributed by atoms with E-state index < -0.39 is 6.29 Å². The van der Waals surface area contributed by atoms with Crippen molar-refractivity contribution in [1.29, 1.82) is 0 Å². The predicted molar refractivity (Wildman–Crippen MR) is 73.4 cm³/mol. The highest BCUT2D eigenvalue weighted by Crippen LogP contribution is 2.61. The molecule has 2 bridgehead atoms. The summed E-state index contributed by atoms with van der Waals surface area (Å²) in [6.07, 6.45) is 3.40. The van der Waals surface area contributed by atoms with Crippen LogP contribution in [0.5, 0.6) is 0 Å². The predicted octanol–water partition coefficient (Wildman–Crippen LogP) is 1.97. The first-order valence-electron chi connectivity index (χ1n) is 8.25. The number of rotatable bonds is 2. The summed E-state index contributed by atoms with van der Waals surface area (Å²) in [7, 11) is 0. The first-order chi connectivity index (χ1) is 10.1. The van der Waals surface area contributed by atoms with Crippen LogP contribution in [0.25, 0.3) is 0 Å². The lowest BCUT2D eigenvalue weighted by atomic mass is 9.70. The van der Waals surface area contributed by atoms with Crippen molar-refractivity contribution >= 4 is 11.8 Å². The second-order valence-electron chi connectivity index (χ2n) is 7.21. The third-order valence-corrected chi connectivity index (χ3v) is 6.37. The van der Waals surface area contributed by atoms with E-state index in [9.17, 15) is 9.59 Å². The molecule has 4 fully saturated rings. The Morgan fingerprint density at radius 1 is 1.05 bits per heavy atom. The number of amides is 2. The summed E-state index contributed by atoms with van der Waals surface area (Å²) in [5.41, 5.74) is 0. The molecule has 0 radical (unpaired) electrons. The molecule has 2 aliphatic carbocycles. The number of hydrogen-bond acceptors (Lipinski definition) is 4. The molecule has 2 saturated carbocycles. The molecule has 0 N–H and O–H groups in total. The van der Waals surface area contributed by atoms with E-state index in [1.807, 2.05) is 0 Å². The van der Waals surface area contributed by atoms with Crippen LogP contribution in [0.1, 0.15) is 39.5 Å². The molecule has 2 aliphatic heterocycles. The minimum atomic E-state index is -0.432. The standard InChI is InChI=1S/C16H23NO4/c1-8-9(2)11-7-10(8)13-14(11)16(19)17(15(13)18)21-12-5-3-4-6-20-12/h8-14H,3-7H2,1-2H3. The van der Waals surface area contributed by atoms with E-state index in [4.69, 9.17) is 9.57 Å². The van der Waals surface area contributed by atoms with Crippen molar-refractivity contribution in [2.24, 2.45) is 35.5 Å². The summed E-state index contributed by atoms with van der Waals surface area (Å²) in [6, 6.07) is 0. The van der Waals surface area contributed by atoms with Crippen LogP contribution in [-0.2, 0) is 19.2 Å². The Hall–Kier alpha value is -0.940. The molecule has 0 aromatic heterocycles. The van der Waals surface area contributed by atoms with Gasteiger partial charge in [-0.15, -0.1) is 5.06 Å². The average molecular weight is 293 g/mol. The fourth-order valence-electron chi connectivity index (χ4n) is 5.07. The molecule has 4 rings (SSSR count). The van der Waals surface area contributed by atoms with Crippen LogP contribution >= 0.6 is 0 Å². The van der Waals surface area contributed by atoms with Gasteiger partial charge in [0.25, 0.3) is 11.8 Å². The number of hydrogen-bond donors (Lipinski definition) is 0. The van der Waals surface area contributed by atoms with Gasteiger partial charge in [-0.25, -0.2) is 4.84 Å². The second kappa shape index (κ2) is 4.78. The zero-order valence-electron chi connectivity index (χ0n) is 12.7. The summed E-state index contributed by atoms with van der Waals surface area (Å²) in [4.78, 5) is 30.9. The summed E-state index contributed by atoms with van der Waals surface area (Å²) in [5, 5.41) is 1.05. The summed E-state index contributed by atoms with van der Waals surface area (Å²) in [5.74, 6) is 1.24. The number of imide groups is 1. The zero-order valence-corrected chi connectivity index (χ0v) is 12.7. The molecule has 0 spiro atoms. The Morgan fingerprint density at radius 3 is 2.19 bits per heavy atom. The van der Waals surface area contributed by atoms with E-state index >= 15 is 0 Å². The Kier molecular flexibility index (Phi) is 3.12. The van der Waals surface area contributed by atoms with Gasteiger partial charge >= 0.3 is 0 Å². The molecular weight excluding hydrogens is 270 g/mol. The molecule has 2 amide bonds. The molecule has 116 valence electrons. The highest BCUT2D eigenvalue weighted by Gasteiger charge is 2.66. The number of carbonyl (C=O) groups excluding carboxylic acids is 2. The van der Waals surface area contributed by atoms with E-state index in [0.717, 1.165) is 30.7 Å². The lowest BCUT2D eigenvalue weighted by Gasteiger charge is -2.31. The van der Waals surface area contributed by atoms with Crippen LogP contribution in [0.3, 0.4) is 0 Å². The highest BCUT2D eigenvalue weighted by molar-refractivity contribution is 6.05. The van der Waals surface area contributed by atoms with Gasteiger partial charge in [-0.05, 0) is 42.9 Å². The minimum absolute atomic E-state index is 0.120.